The first-order chi connectivity index (χ1) is 6.77. The topological polar surface area (TPSA) is 35.5 Å². The lowest BCUT2D eigenvalue weighted by Gasteiger charge is -2.09. The fourth-order valence-electron chi connectivity index (χ4n) is 1.65. The minimum absolute atomic E-state index is 0.457. The second-order valence-corrected chi connectivity index (χ2v) is 3.41. The van der Waals surface area contributed by atoms with E-state index in [1.165, 1.54) is 0 Å². The molecular formula is C10H9ClO3. The van der Waals surface area contributed by atoms with Crippen molar-refractivity contribution >= 4 is 17.9 Å². The molecule has 1 aliphatic rings. The van der Waals surface area contributed by atoms with Gasteiger partial charge in [0.2, 0.25) is 0 Å². The van der Waals surface area contributed by atoms with Gasteiger partial charge in [0.05, 0.1) is 24.3 Å². The molecule has 3 nitrogen and oxygen atoms in total. The predicted octanol–water partition coefficient (Wildman–Crippen LogP) is 2.10. The molecule has 0 amide bonds. The molecule has 0 fully saturated rings. The highest BCUT2D eigenvalue weighted by molar-refractivity contribution is 6.32. The molecule has 0 unspecified atom stereocenters. The van der Waals surface area contributed by atoms with E-state index < -0.39 is 0 Å². The van der Waals surface area contributed by atoms with Gasteiger partial charge in [0, 0.05) is 12.0 Å². The third-order valence-corrected chi connectivity index (χ3v) is 2.52. The van der Waals surface area contributed by atoms with Crippen LogP contribution in [-0.4, -0.2) is 20.0 Å². The number of fused-ring (bicyclic) bond motifs is 1. The molecule has 0 aliphatic carbocycles. The number of hydrogen-bond acceptors (Lipinski definition) is 3. The van der Waals surface area contributed by atoms with Crippen LogP contribution in [0.5, 0.6) is 11.5 Å². The SMILES string of the molecule is COc1c(Cl)cc(C=O)c2c1CCO2. The lowest BCUT2D eigenvalue weighted by molar-refractivity contribution is 0.112. The maximum atomic E-state index is 10.7. The van der Waals surface area contributed by atoms with Crippen LogP contribution in [0.2, 0.25) is 5.02 Å². The maximum absolute atomic E-state index is 10.7. The summed E-state index contributed by atoms with van der Waals surface area (Å²) in [6, 6.07) is 1.57. The Balaban J connectivity index is 2.67. The van der Waals surface area contributed by atoms with E-state index in [9.17, 15) is 4.79 Å². The summed E-state index contributed by atoms with van der Waals surface area (Å²) in [5.74, 6) is 1.23. The number of carbonyl (C=O) groups excluding carboxylic acids is 1. The zero-order valence-electron chi connectivity index (χ0n) is 7.67. The van der Waals surface area contributed by atoms with Crippen LogP contribution in [-0.2, 0) is 6.42 Å². The van der Waals surface area contributed by atoms with Crippen LogP contribution >= 0.6 is 11.6 Å². The first-order valence-electron chi connectivity index (χ1n) is 4.25. The van der Waals surface area contributed by atoms with Gasteiger partial charge < -0.3 is 9.47 Å². The number of ether oxygens (including phenoxy) is 2. The highest BCUT2D eigenvalue weighted by Gasteiger charge is 2.23. The number of methoxy groups -OCH3 is 1. The summed E-state index contributed by atoms with van der Waals surface area (Å²) in [7, 11) is 1.56. The molecule has 0 radical (unpaired) electrons. The predicted molar refractivity (Wildman–Crippen MR) is 52.6 cm³/mol. The van der Waals surface area contributed by atoms with E-state index in [0.717, 1.165) is 18.3 Å². The van der Waals surface area contributed by atoms with Crippen LogP contribution in [0.25, 0.3) is 0 Å². The number of aldehydes is 1. The minimum atomic E-state index is 0.457. The molecule has 0 saturated heterocycles. The lowest BCUT2D eigenvalue weighted by atomic mass is 10.1. The van der Waals surface area contributed by atoms with Crippen molar-refractivity contribution in [2.75, 3.05) is 13.7 Å². The average Bonchev–Trinajstić information content (AvgIpc) is 2.65. The van der Waals surface area contributed by atoms with Gasteiger partial charge in [-0.15, -0.1) is 0 Å². The van der Waals surface area contributed by atoms with Gasteiger partial charge in [-0.25, -0.2) is 0 Å². The van der Waals surface area contributed by atoms with Crippen LogP contribution in [0.4, 0.5) is 0 Å². The number of rotatable bonds is 2. The Hall–Kier alpha value is -1.22. The zero-order chi connectivity index (χ0) is 10.1. The standard InChI is InChI=1S/C10H9ClO3/c1-13-10-7-2-3-14-9(7)6(5-12)4-8(10)11/h4-5H,2-3H2,1H3. The summed E-state index contributed by atoms with van der Waals surface area (Å²) in [5, 5.41) is 0.457. The van der Waals surface area contributed by atoms with Crippen molar-refractivity contribution in [3.8, 4) is 11.5 Å². The zero-order valence-corrected chi connectivity index (χ0v) is 8.43. The Morgan fingerprint density at radius 1 is 1.64 bits per heavy atom. The number of hydrogen-bond donors (Lipinski definition) is 0. The Bertz CT molecular complexity index is 387. The molecule has 0 bridgehead atoms. The minimum Gasteiger partial charge on any atom is -0.495 e. The summed E-state index contributed by atoms with van der Waals surface area (Å²) in [4.78, 5) is 10.7. The van der Waals surface area contributed by atoms with Gasteiger partial charge in [-0.05, 0) is 6.07 Å². The van der Waals surface area contributed by atoms with Gasteiger partial charge in [-0.3, -0.25) is 4.79 Å². The van der Waals surface area contributed by atoms with E-state index in [0.29, 0.717) is 28.7 Å². The first-order valence-corrected chi connectivity index (χ1v) is 4.63. The molecule has 1 aromatic carbocycles. The molecule has 14 heavy (non-hydrogen) atoms. The fourth-order valence-corrected chi connectivity index (χ4v) is 1.96. The monoisotopic (exact) mass is 212 g/mol. The molecule has 0 N–H and O–H groups in total. The second kappa shape index (κ2) is 3.50. The Morgan fingerprint density at radius 2 is 2.43 bits per heavy atom. The second-order valence-electron chi connectivity index (χ2n) is 3.00. The molecule has 1 heterocycles. The van der Waals surface area contributed by atoms with Gasteiger partial charge in [-0.1, -0.05) is 11.6 Å². The smallest absolute Gasteiger partial charge is 0.153 e. The first kappa shape index (κ1) is 9.34. The lowest BCUT2D eigenvalue weighted by Crippen LogP contribution is -1.93. The molecule has 0 saturated carbocycles. The largest absolute Gasteiger partial charge is 0.495 e. The van der Waals surface area contributed by atoms with Crippen LogP contribution in [0.1, 0.15) is 15.9 Å². The van der Waals surface area contributed by atoms with Crippen LogP contribution in [0.15, 0.2) is 6.07 Å². The summed E-state index contributed by atoms with van der Waals surface area (Å²) < 4.78 is 10.5. The van der Waals surface area contributed by atoms with Crippen molar-refractivity contribution in [1.82, 2.24) is 0 Å². The summed E-state index contributed by atoms with van der Waals surface area (Å²) in [6.07, 6.45) is 1.48. The average molecular weight is 213 g/mol. The quantitative estimate of drug-likeness (QED) is 0.705. The maximum Gasteiger partial charge on any atom is 0.153 e. The highest BCUT2D eigenvalue weighted by Crippen LogP contribution is 2.40. The molecule has 0 spiro atoms. The van der Waals surface area contributed by atoms with Crippen molar-refractivity contribution in [2.24, 2.45) is 0 Å². The molecule has 4 heteroatoms. The van der Waals surface area contributed by atoms with E-state index in [1.54, 1.807) is 13.2 Å². The fraction of sp³-hybridized carbons (Fsp3) is 0.300. The van der Waals surface area contributed by atoms with Crippen LogP contribution < -0.4 is 9.47 Å². The summed E-state index contributed by atoms with van der Waals surface area (Å²) >= 11 is 5.95. The van der Waals surface area contributed by atoms with Crippen molar-refractivity contribution in [2.45, 2.75) is 6.42 Å². The third kappa shape index (κ3) is 1.24. The van der Waals surface area contributed by atoms with Gasteiger partial charge in [0.15, 0.2) is 6.29 Å². The normalized spacial score (nSPS) is 13.3. The molecule has 2 rings (SSSR count). The van der Waals surface area contributed by atoms with Gasteiger partial charge in [0.25, 0.3) is 0 Å². The molecular weight excluding hydrogens is 204 g/mol. The Kier molecular flexibility index (Phi) is 2.33. The van der Waals surface area contributed by atoms with Gasteiger partial charge in [-0.2, -0.15) is 0 Å². The van der Waals surface area contributed by atoms with E-state index in [1.807, 2.05) is 0 Å². The number of halogens is 1. The number of benzene rings is 1. The summed E-state index contributed by atoms with van der Waals surface area (Å²) in [6.45, 7) is 0.576. The van der Waals surface area contributed by atoms with Crippen LogP contribution in [0.3, 0.4) is 0 Å². The van der Waals surface area contributed by atoms with E-state index >= 15 is 0 Å². The van der Waals surface area contributed by atoms with Gasteiger partial charge in [0.1, 0.15) is 11.5 Å². The van der Waals surface area contributed by atoms with Crippen LogP contribution in [0, 0.1) is 0 Å². The van der Waals surface area contributed by atoms with Gasteiger partial charge >= 0.3 is 0 Å². The van der Waals surface area contributed by atoms with E-state index in [-0.39, 0.29) is 0 Å². The summed E-state index contributed by atoms with van der Waals surface area (Å²) in [5.41, 5.74) is 1.38. The van der Waals surface area contributed by atoms with E-state index in [2.05, 4.69) is 0 Å². The molecule has 0 atom stereocenters. The van der Waals surface area contributed by atoms with Crippen molar-refractivity contribution in [3.63, 3.8) is 0 Å². The molecule has 1 aliphatic heterocycles. The Labute approximate surface area is 86.6 Å². The number of carbonyl (C=O) groups is 1. The Morgan fingerprint density at radius 3 is 3.07 bits per heavy atom. The molecule has 1 aromatic rings. The third-order valence-electron chi connectivity index (χ3n) is 2.24. The highest BCUT2D eigenvalue weighted by atomic mass is 35.5. The van der Waals surface area contributed by atoms with Crippen molar-refractivity contribution in [3.05, 3.63) is 22.2 Å². The van der Waals surface area contributed by atoms with Crippen molar-refractivity contribution < 1.29 is 14.3 Å². The molecule has 74 valence electrons. The van der Waals surface area contributed by atoms with E-state index in [4.69, 9.17) is 21.1 Å². The molecule has 0 aromatic heterocycles. The van der Waals surface area contributed by atoms with Crippen molar-refractivity contribution in [1.29, 1.82) is 0 Å².